The highest BCUT2D eigenvalue weighted by Gasteiger charge is 2.19. The third kappa shape index (κ3) is 64.1. The van der Waals surface area contributed by atoms with Crippen LogP contribution in [0, 0.1) is 0 Å². The topological polar surface area (TPSA) is 78.9 Å². The zero-order valence-electron chi connectivity index (χ0n) is 51.7. The van der Waals surface area contributed by atoms with Crippen LogP contribution in [0.2, 0.25) is 0 Å². The van der Waals surface area contributed by atoms with Gasteiger partial charge in [-0.15, -0.1) is 0 Å². The van der Waals surface area contributed by atoms with E-state index in [0.717, 1.165) is 83.5 Å². The lowest BCUT2D eigenvalue weighted by Gasteiger charge is -2.18. The predicted octanol–water partition coefficient (Wildman–Crippen LogP) is 23.3. The monoisotopic (exact) mass is 1080 g/mol. The van der Waals surface area contributed by atoms with Crippen molar-refractivity contribution in [3.8, 4) is 0 Å². The summed E-state index contributed by atoms with van der Waals surface area (Å²) in [7, 11) is 0. The number of rotatable bonds is 63. The van der Waals surface area contributed by atoms with Crippen LogP contribution in [0.4, 0.5) is 0 Å². The van der Waals surface area contributed by atoms with Crippen molar-refractivity contribution in [3.63, 3.8) is 0 Å². The molecule has 0 N–H and O–H groups in total. The minimum atomic E-state index is -0.767. The molecule has 0 rings (SSSR count). The second kappa shape index (κ2) is 65.9. The van der Waals surface area contributed by atoms with Gasteiger partial charge < -0.3 is 14.2 Å². The van der Waals surface area contributed by atoms with Gasteiger partial charge in [0.05, 0.1) is 0 Å². The lowest BCUT2D eigenvalue weighted by molar-refractivity contribution is -0.167. The van der Waals surface area contributed by atoms with E-state index in [1.54, 1.807) is 0 Å². The van der Waals surface area contributed by atoms with Gasteiger partial charge in [0, 0.05) is 19.3 Å². The van der Waals surface area contributed by atoms with Crippen LogP contribution in [0.1, 0.15) is 367 Å². The van der Waals surface area contributed by atoms with Gasteiger partial charge in [0.25, 0.3) is 0 Å². The number of ether oxygens (including phenoxy) is 3. The molecule has 0 aromatic carbocycles. The van der Waals surface area contributed by atoms with Crippen LogP contribution in [-0.2, 0) is 28.6 Å². The summed E-state index contributed by atoms with van der Waals surface area (Å²) in [6, 6.07) is 0. The van der Waals surface area contributed by atoms with E-state index in [0.29, 0.717) is 19.3 Å². The maximum atomic E-state index is 12.9. The Balaban J connectivity index is 4.12. The first-order valence-electron chi connectivity index (χ1n) is 34.1. The number of carbonyl (C=O) groups excluding carboxylic acids is 3. The fourth-order valence-corrected chi connectivity index (χ4v) is 10.3. The van der Waals surface area contributed by atoms with Gasteiger partial charge in [-0.25, -0.2) is 0 Å². The Hall–Kier alpha value is -2.63. The zero-order chi connectivity index (χ0) is 55.7. The van der Waals surface area contributed by atoms with Gasteiger partial charge in [0.2, 0.25) is 0 Å². The minimum Gasteiger partial charge on any atom is -0.462 e. The number of esters is 3. The Morgan fingerprint density at radius 1 is 0.273 bits per heavy atom. The Labute approximate surface area is 479 Å². The second-order valence-corrected chi connectivity index (χ2v) is 23.1. The molecular formula is C71H130O6. The molecule has 1 unspecified atom stereocenters. The molecule has 6 heteroatoms. The van der Waals surface area contributed by atoms with Gasteiger partial charge in [0.1, 0.15) is 13.2 Å². The summed E-state index contributed by atoms with van der Waals surface area (Å²) in [4.78, 5) is 38.3. The summed E-state index contributed by atoms with van der Waals surface area (Å²) in [6.45, 7) is 6.59. The van der Waals surface area contributed by atoms with Gasteiger partial charge in [0.15, 0.2) is 6.10 Å². The third-order valence-electron chi connectivity index (χ3n) is 15.3. The molecule has 0 aliphatic heterocycles. The SMILES string of the molecule is CC/C=C\C/C=C\C/C=C\C/C=C\CCCCCCCCCCCCCCCCCCCCC(=O)OCC(COC(=O)CCCCCCCCCCCCCC)OC(=O)CCCCCCCCCCCCCCCCCC. The summed E-state index contributed by atoms with van der Waals surface area (Å²) >= 11 is 0. The normalized spacial score (nSPS) is 12.3. The number of carbonyl (C=O) groups is 3. The van der Waals surface area contributed by atoms with Crippen molar-refractivity contribution >= 4 is 17.9 Å². The largest absolute Gasteiger partial charge is 0.462 e. The number of allylic oxidation sites excluding steroid dienone is 8. The first kappa shape index (κ1) is 74.4. The van der Waals surface area contributed by atoms with Crippen molar-refractivity contribution in [2.45, 2.75) is 374 Å². The first-order valence-corrected chi connectivity index (χ1v) is 34.1. The molecular weight excluding hydrogens is 949 g/mol. The van der Waals surface area contributed by atoms with Crippen molar-refractivity contribution in [2.24, 2.45) is 0 Å². The fourth-order valence-electron chi connectivity index (χ4n) is 10.3. The van der Waals surface area contributed by atoms with E-state index in [4.69, 9.17) is 14.2 Å². The predicted molar refractivity (Wildman–Crippen MR) is 335 cm³/mol. The second-order valence-electron chi connectivity index (χ2n) is 23.1. The molecule has 77 heavy (non-hydrogen) atoms. The number of unbranched alkanes of at least 4 members (excludes halogenated alkanes) is 44. The number of hydrogen-bond donors (Lipinski definition) is 0. The van der Waals surface area contributed by atoms with Crippen LogP contribution in [0.3, 0.4) is 0 Å². The van der Waals surface area contributed by atoms with E-state index < -0.39 is 6.10 Å². The molecule has 0 aromatic heterocycles. The van der Waals surface area contributed by atoms with E-state index in [1.165, 1.54) is 244 Å². The molecule has 0 amide bonds. The van der Waals surface area contributed by atoms with E-state index in [9.17, 15) is 14.4 Å². The van der Waals surface area contributed by atoms with Crippen LogP contribution in [0.15, 0.2) is 48.6 Å². The standard InChI is InChI=1S/C71H130O6/c1-4-7-10-13-16-19-22-25-27-29-30-31-32-33-34-35-36-37-38-39-40-41-42-43-45-46-49-52-55-58-61-64-70(73)76-67-68(66-75-69(72)63-60-57-54-51-48-24-21-18-15-12-9-6-3)77-71(74)65-62-59-56-53-50-47-44-28-26-23-20-17-14-11-8-5-2/h7,10,16,19,25,27,30-31,68H,4-6,8-9,11-15,17-18,20-24,26,28-29,32-67H2,1-3H3/b10-7-,19-16-,27-25-,31-30-. The molecule has 0 saturated carbocycles. The molecule has 0 aromatic rings. The van der Waals surface area contributed by atoms with Gasteiger partial charge in [-0.3, -0.25) is 14.4 Å². The maximum Gasteiger partial charge on any atom is 0.306 e. The first-order chi connectivity index (χ1) is 38.0. The minimum absolute atomic E-state index is 0.0651. The Morgan fingerprint density at radius 3 is 0.792 bits per heavy atom. The quantitative estimate of drug-likeness (QED) is 0.0261. The van der Waals surface area contributed by atoms with Gasteiger partial charge in [-0.05, 0) is 57.8 Å². The summed E-state index contributed by atoms with van der Waals surface area (Å²) in [5.74, 6) is -0.837. The molecule has 0 radical (unpaired) electrons. The molecule has 0 aliphatic rings. The molecule has 450 valence electrons. The van der Waals surface area contributed by atoms with E-state index in [2.05, 4.69) is 69.4 Å². The molecule has 6 nitrogen and oxygen atoms in total. The highest BCUT2D eigenvalue weighted by Crippen LogP contribution is 2.18. The fraction of sp³-hybridized carbons (Fsp3) is 0.845. The molecule has 1 atom stereocenters. The van der Waals surface area contributed by atoms with Gasteiger partial charge in [-0.1, -0.05) is 339 Å². The summed E-state index contributed by atoms with van der Waals surface area (Å²) < 4.78 is 17.0. The number of hydrogen-bond acceptors (Lipinski definition) is 6. The van der Waals surface area contributed by atoms with Crippen LogP contribution < -0.4 is 0 Å². The average molecular weight is 1080 g/mol. The third-order valence-corrected chi connectivity index (χ3v) is 15.3. The summed E-state index contributed by atoms with van der Waals surface area (Å²) in [6.07, 6.45) is 82.8. The van der Waals surface area contributed by atoms with Crippen molar-refractivity contribution < 1.29 is 28.6 Å². The lowest BCUT2D eigenvalue weighted by atomic mass is 10.0. The molecule has 0 fully saturated rings. The molecule has 0 bridgehead atoms. The van der Waals surface area contributed by atoms with E-state index in [1.807, 2.05) is 0 Å². The van der Waals surface area contributed by atoms with Crippen molar-refractivity contribution in [2.75, 3.05) is 13.2 Å². The molecule has 0 spiro atoms. The van der Waals surface area contributed by atoms with Crippen LogP contribution in [-0.4, -0.2) is 37.2 Å². The van der Waals surface area contributed by atoms with Crippen LogP contribution in [0.25, 0.3) is 0 Å². The smallest absolute Gasteiger partial charge is 0.306 e. The Morgan fingerprint density at radius 2 is 0.506 bits per heavy atom. The van der Waals surface area contributed by atoms with Crippen molar-refractivity contribution in [3.05, 3.63) is 48.6 Å². The highest BCUT2D eigenvalue weighted by molar-refractivity contribution is 5.71. The zero-order valence-corrected chi connectivity index (χ0v) is 51.7. The van der Waals surface area contributed by atoms with Gasteiger partial charge >= 0.3 is 17.9 Å². The average Bonchev–Trinajstić information content (AvgIpc) is 3.43. The van der Waals surface area contributed by atoms with Gasteiger partial charge in [-0.2, -0.15) is 0 Å². The molecule has 0 saturated heterocycles. The summed E-state index contributed by atoms with van der Waals surface area (Å²) in [5, 5.41) is 0. The maximum absolute atomic E-state index is 12.9. The van der Waals surface area contributed by atoms with Crippen molar-refractivity contribution in [1.82, 2.24) is 0 Å². The Kier molecular flexibility index (Phi) is 63.6. The Bertz CT molecular complexity index is 1330. The van der Waals surface area contributed by atoms with E-state index >= 15 is 0 Å². The van der Waals surface area contributed by atoms with Crippen LogP contribution >= 0.6 is 0 Å². The van der Waals surface area contributed by atoms with Crippen molar-refractivity contribution in [1.29, 1.82) is 0 Å². The lowest BCUT2D eigenvalue weighted by Crippen LogP contribution is -2.30. The highest BCUT2D eigenvalue weighted by atomic mass is 16.6. The van der Waals surface area contributed by atoms with E-state index in [-0.39, 0.29) is 31.1 Å². The molecule has 0 heterocycles. The molecule has 0 aliphatic carbocycles. The summed E-state index contributed by atoms with van der Waals surface area (Å²) in [5.41, 5.74) is 0. The van der Waals surface area contributed by atoms with Crippen LogP contribution in [0.5, 0.6) is 0 Å².